The molecule has 0 aromatic rings. The Morgan fingerprint density at radius 3 is 2.50 bits per heavy atom. The number of likely N-dealkylation sites (N-methyl/N-ethyl adjacent to an activating group) is 1. The molecule has 3 nitrogen and oxygen atoms in total. The molecule has 0 saturated heterocycles. The van der Waals surface area contributed by atoms with E-state index >= 15 is 0 Å². The van der Waals surface area contributed by atoms with Gasteiger partial charge in [-0.1, -0.05) is 6.58 Å². The second-order valence-corrected chi connectivity index (χ2v) is 3.16. The van der Waals surface area contributed by atoms with Crippen molar-refractivity contribution in [2.24, 2.45) is 0 Å². The summed E-state index contributed by atoms with van der Waals surface area (Å²) in [6.07, 6.45) is 1.00. The summed E-state index contributed by atoms with van der Waals surface area (Å²) in [7, 11) is 6.06. The van der Waals surface area contributed by atoms with Crippen molar-refractivity contribution in [3.8, 4) is 0 Å². The number of nitrogens with one attached hydrogen (secondary N) is 2. The molecule has 72 valence electrons. The van der Waals surface area contributed by atoms with Gasteiger partial charge in [0.1, 0.15) is 0 Å². The number of hydrogen-bond acceptors (Lipinski definition) is 3. The fourth-order valence-corrected chi connectivity index (χ4v) is 0.792. The molecule has 0 spiro atoms. The van der Waals surface area contributed by atoms with Gasteiger partial charge in [0.15, 0.2) is 0 Å². The lowest BCUT2D eigenvalue weighted by atomic mass is 10.3. The molecule has 0 unspecified atom stereocenters. The summed E-state index contributed by atoms with van der Waals surface area (Å²) in [5, 5.41) is 6.36. The van der Waals surface area contributed by atoms with Gasteiger partial charge in [0.25, 0.3) is 0 Å². The Balaban J connectivity index is 3.05. The molecular weight excluding hydrogens is 150 g/mol. The van der Waals surface area contributed by atoms with Gasteiger partial charge in [-0.25, -0.2) is 0 Å². The smallest absolute Gasteiger partial charge is 0.0101 e. The molecule has 0 atom stereocenters. The molecule has 0 radical (unpaired) electrons. The van der Waals surface area contributed by atoms with Gasteiger partial charge >= 0.3 is 0 Å². The van der Waals surface area contributed by atoms with Crippen LogP contribution in [-0.2, 0) is 0 Å². The van der Waals surface area contributed by atoms with Crippen molar-refractivity contribution in [2.75, 3.05) is 40.8 Å². The highest BCUT2D eigenvalue weighted by Gasteiger charge is 1.91. The summed E-state index contributed by atoms with van der Waals surface area (Å²) < 4.78 is 0. The van der Waals surface area contributed by atoms with Crippen LogP contribution in [-0.4, -0.2) is 45.7 Å². The number of rotatable bonds is 7. The molecule has 2 N–H and O–H groups in total. The Morgan fingerprint density at radius 1 is 1.33 bits per heavy atom. The maximum Gasteiger partial charge on any atom is 0.0101 e. The van der Waals surface area contributed by atoms with Gasteiger partial charge in [-0.3, -0.25) is 0 Å². The monoisotopic (exact) mass is 171 g/mol. The van der Waals surface area contributed by atoms with Crippen LogP contribution in [0, 0.1) is 0 Å². The lowest BCUT2D eigenvalue weighted by Crippen LogP contribution is -2.27. The Hall–Kier alpha value is -0.540. The van der Waals surface area contributed by atoms with Crippen molar-refractivity contribution >= 4 is 0 Å². The maximum absolute atomic E-state index is 3.84. The van der Waals surface area contributed by atoms with E-state index < -0.39 is 0 Å². The van der Waals surface area contributed by atoms with Gasteiger partial charge in [0.2, 0.25) is 0 Å². The predicted octanol–water partition coefficient (Wildman–Crippen LogP) is 0.261. The third kappa shape index (κ3) is 7.57. The summed E-state index contributed by atoms with van der Waals surface area (Å²) in [6, 6.07) is 0. The lowest BCUT2D eigenvalue weighted by Gasteiger charge is -2.10. The Kier molecular flexibility index (Phi) is 6.81. The molecule has 0 aliphatic carbocycles. The molecule has 0 saturated carbocycles. The zero-order valence-corrected chi connectivity index (χ0v) is 8.48. The lowest BCUT2D eigenvalue weighted by molar-refractivity contribution is 0.400. The van der Waals surface area contributed by atoms with Crippen molar-refractivity contribution < 1.29 is 0 Å². The second kappa shape index (κ2) is 7.13. The fourth-order valence-electron chi connectivity index (χ4n) is 0.792. The normalized spacial score (nSPS) is 10.3. The molecule has 0 aliphatic heterocycles. The molecule has 0 aromatic carbocycles. The van der Waals surface area contributed by atoms with E-state index in [0.717, 1.165) is 31.8 Å². The third-order valence-corrected chi connectivity index (χ3v) is 1.69. The standard InChI is InChI=1S/C9H21N3/c1-9(10-2)5-6-11-7-8-12(3)4/h10-11H,1,5-8H2,2-4H3. The average Bonchev–Trinajstić information content (AvgIpc) is 2.03. The van der Waals surface area contributed by atoms with E-state index in [9.17, 15) is 0 Å². The highest BCUT2D eigenvalue weighted by molar-refractivity contribution is 4.89. The molecular formula is C9H21N3. The molecule has 0 aromatic heterocycles. The minimum atomic E-state index is 1.00. The van der Waals surface area contributed by atoms with Crippen LogP contribution in [0.3, 0.4) is 0 Å². The largest absolute Gasteiger partial charge is 0.392 e. The van der Waals surface area contributed by atoms with Crippen LogP contribution in [0.1, 0.15) is 6.42 Å². The molecule has 12 heavy (non-hydrogen) atoms. The van der Waals surface area contributed by atoms with Gasteiger partial charge in [-0.15, -0.1) is 0 Å². The van der Waals surface area contributed by atoms with Crippen LogP contribution in [0.2, 0.25) is 0 Å². The first-order valence-corrected chi connectivity index (χ1v) is 4.37. The number of hydrogen-bond donors (Lipinski definition) is 2. The van der Waals surface area contributed by atoms with Crippen molar-refractivity contribution in [3.05, 3.63) is 12.3 Å². The van der Waals surface area contributed by atoms with Gasteiger partial charge in [0, 0.05) is 32.4 Å². The van der Waals surface area contributed by atoms with Crippen LogP contribution in [0.5, 0.6) is 0 Å². The minimum absolute atomic E-state index is 1.00. The fraction of sp³-hybridized carbons (Fsp3) is 0.778. The predicted molar refractivity (Wildman–Crippen MR) is 54.2 cm³/mol. The van der Waals surface area contributed by atoms with Crippen LogP contribution in [0.4, 0.5) is 0 Å². The van der Waals surface area contributed by atoms with E-state index in [4.69, 9.17) is 0 Å². The SMILES string of the molecule is C=C(CCNCCN(C)C)NC. The van der Waals surface area contributed by atoms with Gasteiger partial charge in [-0.2, -0.15) is 0 Å². The summed E-state index contributed by atoms with van der Waals surface area (Å²) in [5.74, 6) is 0. The maximum atomic E-state index is 3.84. The first-order chi connectivity index (χ1) is 5.66. The molecule has 0 bridgehead atoms. The Bertz CT molecular complexity index is 121. The van der Waals surface area contributed by atoms with Crippen molar-refractivity contribution in [1.29, 1.82) is 0 Å². The second-order valence-electron chi connectivity index (χ2n) is 3.16. The van der Waals surface area contributed by atoms with Crippen LogP contribution >= 0.6 is 0 Å². The van der Waals surface area contributed by atoms with Crippen LogP contribution < -0.4 is 10.6 Å². The zero-order chi connectivity index (χ0) is 9.40. The van der Waals surface area contributed by atoms with E-state index in [1.165, 1.54) is 0 Å². The van der Waals surface area contributed by atoms with Crippen LogP contribution in [0.15, 0.2) is 12.3 Å². The zero-order valence-electron chi connectivity index (χ0n) is 8.48. The van der Waals surface area contributed by atoms with E-state index in [2.05, 4.69) is 36.2 Å². The Morgan fingerprint density at radius 2 is 2.00 bits per heavy atom. The van der Waals surface area contributed by atoms with E-state index in [-0.39, 0.29) is 0 Å². The van der Waals surface area contributed by atoms with Gasteiger partial charge in [0.05, 0.1) is 0 Å². The van der Waals surface area contributed by atoms with E-state index in [1.807, 2.05) is 7.05 Å². The average molecular weight is 171 g/mol. The molecule has 3 heteroatoms. The highest BCUT2D eigenvalue weighted by atomic mass is 15.1. The summed E-state index contributed by atoms with van der Waals surface area (Å²) in [5.41, 5.74) is 1.09. The summed E-state index contributed by atoms with van der Waals surface area (Å²) in [6.45, 7) is 6.99. The summed E-state index contributed by atoms with van der Waals surface area (Å²) >= 11 is 0. The Labute approximate surface area is 75.8 Å². The quantitative estimate of drug-likeness (QED) is 0.538. The van der Waals surface area contributed by atoms with Crippen molar-refractivity contribution in [2.45, 2.75) is 6.42 Å². The highest BCUT2D eigenvalue weighted by Crippen LogP contribution is 1.87. The molecule has 0 aliphatic rings. The van der Waals surface area contributed by atoms with E-state index in [1.54, 1.807) is 0 Å². The third-order valence-electron chi connectivity index (χ3n) is 1.69. The number of nitrogens with zero attached hydrogens (tertiary/aromatic N) is 1. The van der Waals surface area contributed by atoms with Gasteiger partial charge in [-0.05, 0) is 20.5 Å². The minimum Gasteiger partial charge on any atom is -0.392 e. The summed E-state index contributed by atoms with van der Waals surface area (Å²) in [4.78, 5) is 2.17. The first-order valence-electron chi connectivity index (χ1n) is 4.37. The van der Waals surface area contributed by atoms with Gasteiger partial charge < -0.3 is 15.5 Å². The topological polar surface area (TPSA) is 27.3 Å². The molecule has 0 fully saturated rings. The van der Waals surface area contributed by atoms with Crippen molar-refractivity contribution in [3.63, 3.8) is 0 Å². The molecule has 0 heterocycles. The van der Waals surface area contributed by atoms with Crippen molar-refractivity contribution in [1.82, 2.24) is 15.5 Å². The molecule has 0 rings (SSSR count). The first kappa shape index (κ1) is 11.5. The molecule has 0 amide bonds. The van der Waals surface area contributed by atoms with E-state index in [0.29, 0.717) is 0 Å². The van der Waals surface area contributed by atoms with Crippen LogP contribution in [0.25, 0.3) is 0 Å².